The van der Waals surface area contributed by atoms with E-state index in [4.69, 9.17) is 16.3 Å². The summed E-state index contributed by atoms with van der Waals surface area (Å²) in [4.78, 5) is 24.4. The van der Waals surface area contributed by atoms with E-state index in [0.29, 0.717) is 22.4 Å². The number of carbonyl (C=O) groups excluding carboxylic acids is 1. The van der Waals surface area contributed by atoms with Crippen LogP contribution in [0.25, 0.3) is 0 Å². The van der Waals surface area contributed by atoms with E-state index in [-0.39, 0.29) is 36.9 Å². The third-order valence-corrected chi connectivity index (χ3v) is 7.05. The third kappa shape index (κ3) is 5.31. The van der Waals surface area contributed by atoms with E-state index in [1.807, 2.05) is 0 Å². The van der Waals surface area contributed by atoms with Crippen molar-refractivity contribution in [2.75, 3.05) is 31.6 Å². The van der Waals surface area contributed by atoms with Crippen LogP contribution in [0.4, 0.5) is 18.9 Å². The maximum absolute atomic E-state index is 13.0. The van der Waals surface area contributed by atoms with Crippen molar-refractivity contribution in [2.24, 2.45) is 0 Å². The first kappa shape index (κ1) is 24.2. The molecule has 2 heterocycles. The number of rotatable bonds is 5. The van der Waals surface area contributed by atoms with E-state index in [1.54, 1.807) is 6.92 Å². The van der Waals surface area contributed by atoms with Crippen LogP contribution < -0.4 is 10.9 Å². The Labute approximate surface area is 186 Å². The highest BCUT2D eigenvalue weighted by molar-refractivity contribution is 7.89. The van der Waals surface area contributed by atoms with Crippen molar-refractivity contribution < 1.29 is 31.1 Å². The molecule has 2 aromatic rings. The lowest BCUT2D eigenvalue weighted by molar-refractivity contribution is -0.138. The second-order valence-corrected chi connectivity index (χ2v) is 9.37. The zero-order chi connectivity index (χ0) is 23.7. The van der Waals surface area contributed by atoms with E-state index >= 15 is 0 Å². The predicted octanol–water partition coefficient (Wildman–Crippen LogP) is 2.49. The molecule has 0 aliphatic carbocycles. The number of amides is 1. The van der Waals surface area contributed by atoms with Gasteiger partial charge in [0.25, 0.3) is 5.56 Å². The Morgan fingerprint density at radius 2 is 1.88 bits per heavy atom. The van der Waals surface area contributed by atoms with Crippen molar-refractivity contribution in [1.29, 1.82) is 0 Å². The van der Waals surface area contributed by atoms with Gasteiger partial charge in [-0.25, -0.2) is 8.42 Å². The molecule has 32 heavy (non-hydrogen) atoms. The lowest BCUT2D eigenvalue weighted by Gasteiger charge is -2.26. The molecular formula is C19H19ClF3N3O5S. The van der Waals surface area contributed by atoms with Gasteiger partial charge < -0.3 is 14.6 Å². The topological polar surface area (TPSA) is 97.7 Å². The molecule has 0 bridgehead atoms. The number of aromatic nitrogens is 1. The zero-order valence-electron chi connectivity index (χ0n) is 16.8. The Morgan fingerprint density at radius 1 is 1.22 bits per heavy atom. The van der Waals surface area contributed by atoms with Crippen LogP contribution >= 0.6 is 11.6 Å². The molecule has 0 spiro atoms. The van der Waals surface area contributed by atoms with Crippen molar-refractivity contribution in [3.8, 4) is 0 Å². The molecule has 1 aliphatic heterocycles. The first-order chi connectivity index (χ1) is 14.9. The van der Waals surface area contributed by atoms with Gasteiger partial charge in [-0.15, -0.1) is 0 Å². The normalized spacial score (nSPS) is 15.5. The number of benzene rings is 1. The number of carbonyl (C=O) groups is 1. The largest absolute Gasteiger partial charge is 0.417 e. The Hall–Kier alpha value is -2.41. The number of hydrogen-bond donors (Lipinski definition) is 1. The number of anilines is 1. The highest BCUT2D eigenvalue weighted by atomic mass is 35.5. The minimum Gasteiger partial charge on any atom is -0.379 e. The molecule has 1 saturated heterocycles. The van der Waals surface area contributed by atoms with Crippen LogP contribution in [0.3, 0.4) is 0 Å². The number of aryl methyl sites for hydroxylation is 1. The standard InChI is InChI=1S/C19H19ClF3N3O5S/c1-12-2-3-14(9-16(12)32(29,30)26-4-6-31-7-5-26)24-17(27)11-25-10-13(19(21,22)23)8-15(20)18(25)28/h2-3,8-10H,4-7,11H2,1H3,(H,24,27). The maximum Gasteiger partial charge on any atom is 0.417 e. The van der Waals surface area contributed by atoms with Gasteiger partial charge >= 0.3 is 6.18 Å². The van der Waals surface area contributed by atoms with E-state index in [1.165, 1.54) is 22.5 Å². The van der Waals surface area contributed by atoms with Crippen LogP contribution in [0, 0.1) is 6.92 Å². The van der Waals surface area contributed by atoms with E-state index in [0.717, 1.165) is 0 Å². The zero-order valence-corrected chi connectivity index (χ0v) is 18.4. The molecule has 8 nitrogen and oxygen atoms in total. The van der Waals surface area contributed by atoms with Crippen molar-refractivity contribution in [1.82, 2.24) is 8.87 Å². The quantitative estimate of drug-likeness (QED) is 0.690. The lowest BCUT2D eigenvalue weighted by atomic mass is 10.2. The van der Waals surface area contributed by atoms with Crippen LogP contribution in [0.2, 0.25) is 5.02 Å². The molecule has 1 amide bonds. The van der Waals surface area contributed by atoms with Gasteiger partial charge in [0.05, 0.1) is 23.7 Å². The molecule has 13 heteroatoms. The fourth-order valence-electron chi connectivity index (χ4n) is 3.11. The molecule has 0 unspecified atom stereocenters. The van der Waals surface area contributed by atoms with E-state index in [2.05, 4.69) is 5.32 Å². The summed E-state index contributed by atoms with van der Waals surface area (Å²) in [7, 11) is -3.84. The van der Waals surface area contributed by atoms with Crippen LogP contribution in [-0.4, -0.2) is 49.5 Å². The highest BCUT2D eigenvalue weighted by Crippen LogP contribution is 2.29. The summed E-state index contributed by atoms with van der Waals surface area (Å²) in [6.45, 7) is 1.77. The Kier molecular flexibility index (Phi) is 6.98. The number of hydrogen-bond acceptors (Lipinski definition) is 5. The minimum atomic E-state index is -4.75. The molecule has 0 atom stereocenters. The summed E-state index contributed by atoms with van der Waals surface area (Å²) in [5.74, 6) is -0.832. The molecule has 1 aliphatic rings. The average molecular weight is 494 g/mol. The number of morpholine rings is 1. The van der Waals surface area contributed by atoms with Gasteiger partial charge in [-0.2, -0.15) is 17.5 Å². The number of sulfonamides is 1. The predicted molar refractivity (Wildman–Crippen MR) is 110 cm³/mol. The molecule has 1 N–H and O–H groups in total. The first-order valence-corrected chi connectivity index (χ1v) is 11.2. The summed E-state index contributed by atoms with van der Waals surface area (Å²) >= 11 is 5.59. The molecule has 174 valence electrons. The molecule has 1 aromatic heterocycles. The summed E-state index contributed by atoms with van der Waals surface area (Å²) in [6.07, 6.45) is -4.26. The van der Waals surface area contributed by atoms with Gasteiger partial charge in [-0.3, -0.25) is 9.59 Å². The molecule has 0 radical (unpaired) electrons. The Morgan fingerprint density at radius 3 is 2.50 bits per heavy atom. The lowest BCUT2D eigenvalue weighted by Crippen LogP contribution is -2.40. The van der Waals surface area contributed by atoms with Crippen LogP contribution in [0.15, 0.2) is 40.2 Å². The SMILES string of the molecule is Cc1ccc(NC(=O)Cn2cc(C(F)(F)F)cc(Cl)c2=O)cc1S(=O)(=O)N1CCOCC1. The van der Waals surface area contributed by atoms with Gasteiger partial charge in [0.2, 0.25) is 15.9 Å². The van der Waals surface area contributed by atoms with Gasteiger partial charge in [-0.1, -0.05) is 17.7 Å². The summed E-state index contributed by atoms with van der Waals surface area (Å²) in [6, 6.07) is 4.70. The highest BCUT2D eigenvalue weighted by Gasteiger charge is 2.32. The fraction of sp³-hybridized carbons (Fsp3) is 0.368. The van der Waals surface area contributed by atoms with Gasteiger partial charge in [0, 0.05) is 25.0 Å². The summed E-state index contributed by atoms with van der Waals surface area (Å²) in [5.41, 5.74) is -1.58. The monoisotopic (exact) mass is 493 g/mol. The van der Waals surface area contributed by atoms with E-state index in [9.17, 15) is 31.2 Å². The van der Waals surface area contributed by atoms with Crippen molar-refractivity contribution in [3.05, 3.63) is 57.0 Å². The molecule has 1 fully saturated rings. The Bertz CT molecular complexity index is 1190. The fourth-order valence-corrected chi connectivity index (χ4v) is 4.99. The van der Waals surface area contributed by atoms with Crippen LogP contribution in [0.1, 0.15) is 11.1 Å². The second kappa shape index (κ2) is 9.22. The molecule has 3 rings (SSSR count). The summed E-state index contributed by atoms with van der Waals surface area (Å²) in [5, 5.41) is 1.73. The number of ether oxygens (including phenoxy) is 1. The van der Waals surface area contributed by atoms with Crippen molar-refractivity contribution in [2.45, 2.75) is 24.5 Å². The Balaban J connectivity index is 1.83. The third-order valence-electron chi connectivity index (χ3n) is 4.74. The minimum absolute atomic E-state index is 0.0171. The van der Waals surface area contributed by atoms with Gasteiger partial charge in [-0.05, 0) is 30.7 Å². The molecular weight excluding hydrogens is 475 g/mol. The second-order valence-electron chi connectivity index (χ2n) is 7.05. The van der Waals surface area contributed by atoms with Gasteiger partial charge in [0.1, 0.15) is 11.6 Å². The average Bonchev–Trinajstić information content (AvgIpc) is 2.72. The number of alkyl halides is 3. The van der Waals surface area contributed by atoms with Crippen molar-refractivity contribution in [3.63, 3.8) is 0 Å². The number of pyridine rings is 1. The summed E-state index contributed by atoms with van der Waals surface area (Å²) < 4.78 is 71.8. The van der Waals surface area contributed by atoms with E-state index < -0.39 is 44.8 Å². The smallest absolute Gasteiger partial charge is 0.379 e. The van der Waals surface area contributed by atoms with Crippen LogP contribution in [-0.2, 0) is 32.3 Å². The number of nitrogens with one attached hydrogen (secondary N) is 1. The number of nitrogens with zero attached hydrogens (tertiary/aromatic N) is 2. The first-order valence-electron chi connectivity index (χ1n) is 9.35. The van der Waals surface area contributed by atoms with Crippen LogP contribution in [0.5, 0.6) is 0 Å². The van der Waals surface area contributed by atoms with Crippen molar-refractivity contribution >= 4 is 33.2 Å². The molecule has 1 aromatic carbocycles. The molecule has 0 saturated carbocycles. The van der Waals surface area contributed by atoms with Gasteiger partial charge in [0.15, 0.2) is 0 Å². The maximum atomic E-state index is 13.0. The number of halogens is 4.